The van der Waals surface area contributed by atoms with Gasteiger partial charge in [0, 0.05) is 32.1 Å². The summed E-state index contributed by atoms with van der Waals surface area (Å²) >= 11 is 1.76. The molecule has 1 aromatic carbocycles. The summed E-state index contributed by atoms with van der Waals surface area (Å²) in [4.78, 5) is 8.00. The number of thiophene rings is 1. The lowest BCUT2D eigenvalue weighted by Gasteiger charge is -2.22. The van der Waals surface area contributed by atoms with Crippen LogP contribution >= 0.6 is 35.3 Å². The first kappa shape index (κ1) is 22.9. The highest BCUT2D eigenvalue weighted by Crippen LogP contribution is 2.11. The zero-order valence-electron chi connectivity index (χ0n) is 15.1. The molecule has 2 aromatic rings. The van der Waals surface area contributed by atoms with E-state index in [9.17, 15) is 8.42 Å². The Morgan fingerprint density at radius 2 is 1.92 bits per heavy atom. The van der Waals surface area contributed by atoms with Gasteiger partial charge in [-0.25, -0.2) is 13.1 Å². The molecule has 144 valence electrons. The van der Waals surface area contributed by atoms with Crippen LogP contribution in [0.15, 0.2) is 51.7 Å². The summed E-state index contributed by atoms with van der Waals surface area (Å²) in [6, 6.07) is 11.0. The van der Waals surface area contributed by atoms with E-state index in [1.807, 2.05) is 7.05 Å². The molecule has 0 saturated carbocycles. The minimum absolute atomic E-state index is 0. The average Bonchev–Trinajstić information content (AvgIpc) is 3.14. The van der Waals surface area contributed by atoms with Crippen molar-refractivity contribution < 1.29 is 8.42 Å². The zero-order valence-corrected chi connectivity index (χ0v) is 19.1. The number of rotatable bonds is 7. The molecule has 0 aliphatic rings. The topological polar surface area (TPSA) is 73.8 Å². The Balaban J connectivity index is 0.00000338. The third-order valence-corrected chi connectivity index (χ3v) is 6.17. The Bertz CT molecular complexity index is 791. The fourth-order valence-corrected chi connectivity index (χ4v) is 3.74. The van der Waals surface area contributed by atoms with Crippen molar-refractivity contribution in [2.45, 2.75) is 17.9 Å². The molecule has 26 heavy (non-hydrogen) atoms. The van der Waals surface area contributed by atoms with Gasteiger partial charge in [-0.2, -0.15) is 0 Å². The van der Waals surface area contributed by atoms with Gasteiger partial charge in [-0.15, -0.1) is 35.3 Å². The van der Waals surface area contributed by atoms with Crippen molar-refractivity contribution in [1.82, 2.24) is 14.9 Å². The summed E-state index contributed by atoms with van der Waals surface area (Å²) in [5.74, 6) is 0.809. The van der Waals surface area contributed by atoms with E-state index in [0.717, 1.165) is 24.5 Å². The van der Waals surface area contributed by atoms with Gasteiger partial charge in [-0.1, -0.05) is 18.2 Å². The molecule has 0 amide bonds. The van der Waals surface area contributed by atoms with E-state index in [1.165, 1.54) is 11.9 Å². The summed E-state index contributed by atoms with van der Waals surface area (Å²) in [5, 5.41) is 5.39. The third kappa shape index (κ3) is 6.53. The van der Waals surface area contributed by atoms with Crippen molar-refractivity contribution in [3.05, 3.63) is 52.2 Å². The molecule has 0 fully saturated rings. The molecule has 0 spiro atoms. The highest BCUT2D eigenvalue weighted by molar-refractivity contribution is 14.0. The van der Waals surface area contributed by atoms with E-state index in [2.05, 4.69) is 37.4 Å². The van der Waals surface area contributed by atoms with E-state index in [-0.39, 0.29) is 28.9 Å². The van der Waals surface area contributed by atoms with Crippen LogP contribution in [0.5, 0.6) is 0 Å². The molecule has 0 aliphatic carbocycles. The van der Waals surface area contributed by atoms with Crippen molar-refractivity contribution in [2.24, 2.45) is 4.99 Å². The summed E-state index contributed by atoms with van der Waals surface area (Å²) in [7, 11) is 1.77. The van der Waals surface area contributed by atoms with Gasteiger partial charge in [0.25, 0.3) is 0 Å². The molecule has 9 heteroatoms. The van der Waals surface area contributed by atoms with Crippen LogP contribution in [0.3, 0.4) is 0 Å². The van der Waals surface area contributed by atoms with Crippen LogP contribution in [0.25, 0.3) is 0 Å². The fraction of sp³-hybridized carbons (Fsp3) is 0.353. The molecule has 2 N–H and O–H groups in total. The predicted molar refractivity (Wildman–Crippen MR) is 119 cm³/mol. The van der Waals surface area contributed by atoms with Crippen LogP contribution in [0, 0.1) is 0 Å². The standard InChI is InChI=1S/C17H24N4O2S2.HI/c1-18-17(21(3)11-10-15-5-4-12-24-15)20-13-14-6-8-16(9-7-14)25(22,23)19-2;/h4-9,12,19H,10-11,13H2,1-3H3,(H,18,20);1H. The molecule has 0 aliphatic heterocycles. The van der Waals surface area contributed by atoms with Crippen LogP contribution in [0.2, 0.25) is 0 Å². The number of guanidine groups is 1. The van der Waals surface area contributed by atoms with E-state index in [1.54, 1.807) is 42.6 Å². The maximum atomic E-state index is 11.7. The first-order valence-electron chi connectivity index (χ1n) is 7.93. The van der Waals surface area contributed by atoms with E-state index in [0.29, 0.717) is 6.54 Å². The quantitative estimate of drug-likeness (QED) is 0.343. The minimum Gasteiger partial charge on any atom is -0.352 e. The Morgan fingerprint density at radius 1 is 1.23 bits per heavy atom. The molecule has 1 heterocycles. The zero-order chi connectivity index (χ0) is 18.3. The van der Waals surface area contributed by atoms with Crippen LogP contribution in [0.4, 0.5) is 0 Å². The Hall–Kier alpha value is -1.17. The average molecular weight is 508 g/mol. The lowest BCUT2D eigenvalue weighted by atomic mass is 10.2. The maximum Gasteiger partial charge on any atom is 0.240 e. The predicted octanol–water partition coefficient (Wildman–Crippen LogP) is 2.52. The van der Waals surface area contributed by atoms with Gasteiger partial charge in [0.1, 0.15) is 0 Å². The Labute approximate surface area is 176 Å². The van der Waals surface area contributed by atoms with Crippen LogP contribution in [-0.4, -0.2) is 47.0 Å². The van der Waals surface area contributed by atoms with Crippen LogP contribution in [0.1, 0.15) is 10.4 Å². The van der Waals surface area contributed by atoms with E-state index in [4.69, 9.17) is 0 Å². The van der Waals surface area contributed by atoms with Gasteiger partial charge in [0.2, 0.25) is 10.0 Å². The first-order chi connectivity index (χ1) is 12.0. The molecule has 2 rings (SSSR count). The first-order valence-corrected chi connectivity index (χ1v) is 10.3. The van der Waals surface area contributed by atoms with Crippen molar-refractivity contribution in [1.29, 1.82) is 0 Å². The number of nitrogens with zero attached hydrogens (tertiary/aromatic N) is 2. The summed E-state index contributed by atoms with van der Waals surface area (Å²) in [6.07, 6.45) is 0.978. The number of aliphatic imine (C=N–C) groups is 1. The van der Waals surface area contributed by atoms with E-state index < -0.39 is 10.0 Å². The normalized spacial score (nSPS) is 11.7. The van der Waals surface area contributed by atoms with E-state index >= 15 is 0 Å². The van der Waals surface area contributed by atoms with Crippen molar-refractivity contribution in [3.63, 3.8) is 0 Å². The number of hydrogen-bond donors (Lipinski definition) is 2. The SMILES string of the molecule is CN=C(NCc1ccc(S(=O)(=O)NC)cc1)N(C)CCc1cccs1.I. The molecular formula is C17H25IN4O2S2. The molecule has 0 atom stereocenters. The van der Waals surface area contributed by atoms with Gasteiger partial charge in [0.05, 0.1) is 4.90 Å². The molecule has 0 radical (unpaired) electrons. The largest absolute Gasteiger partial charge is 0.352 e. The second kappa shape index (κ2) is 10.9. The van der Waals surface area contributed by atoms with Gasteiger partial charge in [0.15, 0.2) is 5.96 Å². The van der Waals surface area contributed by atoms with Crippen LogP contribution in [-0.2, 0) is 23.0 Å². The summed E-state index contributed by atoms with van der Waals surface area (Å²) < 4.78 is 25.8. The second-order valence-electron chi connectivity index (χ2n) is 5.50. The van der Waals surface area contributed by atoms with Crippen molar-refractivity contribution in [2.75, 3.05) is 27.7 Å². The number of likely N-dealkylation sites (N-methyl/N-ethyl adjacent to an activating group) is 1. The number of hydrogen-bond acceptors (Lipinski definition) is 4. The Kier molecular flexibility index (Phi) is 9.55. The minimum atomic E-state index is -3.39. The highest BCUT2D eigenvalue weighted by atomic mass is 127. The molecule has 0 unspecified atom stereocenters. The third-order valence-electron chi connectivity index (χ3n) is 3.80. The number of halogens is 1. The molecular weight excluding hydrogens is 483 g/mol. The maximum absolute atomic E-state index is 11.7. The molecule has 1 aromatic heterocycles. The van der Waals surface area contributed by atoms with Gasteiger partial charge < -0.3 is 10.2 Å². The van der Waals surface area contributed by atoms with Gasteiger partial charge in [-0.05, 0) is 42.6 Å². The van der Waals surface area contributed by atoms with Crippen LogP contribution < -0.4 is 10.0 Å². The lowest BCUT2D eigenvalue weighted by Crippen LogP contribution is -2.39. The molecule has 0 saturated heterocycles. The van der Waals surface area contributed by atoms with Crippen molar-refractivity contribution in [3.8, 4) is 0 Å². The lowest BCUT2D eigenvalue weighted by molar-refractivity contribution is 0.486. The second-order valence-corrected chi connectivity index (χ2v) is 8.42. The Morgan fingerprint density at radius 3 is 2.46 bits per heavy atom. The number of benzene rings is 1. The summed E-state index contributed by atoms with van der Waals surface area (Å²) in [5.41, 5.74) is 0.989. The monoisotopic (exact) mass is 508 g/mol. The molecule has 0 bridgehead atoms. The number of sulfonamides is 1. The smallest absolute Gasteiger partial charge is 0.240 e. The van der Waals surface area contributed by atoms with Gasteiger partial charge >= 0.3 is 0 Å². The highest BCUT2D eigenvalue weighted by Gasteiger charge is 2.11. The number of nitrogens with one attached hydrogen (secondary N) is 2. The van der Waals surface area contributed by atoms with Crippen molar-refractivity contribution >= 4 is 51.3 Å². The molecule has 6 nitrogen and oxygen atoms in total. The fourth-order valence-electron chi connectivity index (χ4n) is 2.31. The summed E-state index contributed by atoms with van der Waals surface area (Å²) in [6.45, 7) is 1.45. The van der Waals surface area contributed by atoms with Gasteiger partial charge in [-0.3, -0.25) is 4.99 Å².